The van der Waals surface area contributed by atoms with Crippen LogP contribution in [0.25, 0.3) is 0 Å². The summed E-state index contributed by atoms with van der Waals surface area (Å²) in [4.78, 5) is 0.531. The van der Waals surface area contributed by atoms with Gasteiger partial charge in [-0.15, -0.1) is 0 Å². The summed E-state index contributed by atoms with van der Waals surface area (Å²) in [5.41, 5.74) is 2.36. The number of thioether (sulfide) groups is 1. The van der Waals surface area contributed by atoms with Crippen molar-refractivity contribution in [3.63, 3.8) is 0 Å². The van der Waals surface area contributed by atoms with Gasteiger partial charge in [-0.3, -0.25) is 0 Å². The number of alkyl halides is 2. The van der Waals surface area contributed by atoms with Crippen molar-refractivity contribution in [3.8, 4) is 6.07 Å². The molecule has 0 saturated heterocycles. The van der Waals surface area contributed by atoms with Crippen molar-refractivity contribution in [1.29, 1.82) is 5.26 Å². The van der Waals surface area contributed by atoms with Crippen LogP contribution in [0, 0.1) is 11.3 Å². The van der Waals surface area contributed by atoms with Gasteiger partial charge in [-0.1, -0.05) is 30.0 Å². The third-order valence-corrected chi connectivity index (χ3v) is 3.42. The van der Waals surface area contributed by atoms with Gasteiger partial charge in [0.25, 0.3) is 5.76 Å². The van der Waals surface area contributed by atoms with E-state index in [9.17, 15) is 8.78 Å². The second kappa shape index (κ2) is 6.92. The highest BCUT2D eigenvalue weighted by molar-refractivity contribution is 7.99. The molecule has 2 aromatic rings. The second-order valence-corrected chi connectivity index (χ2v) is 5.09. The Labute approximate surface area is 120 Å². The molecule has 0 atom stereocenters. The van der Waals surface area contributed by atoms with Crippen LogP contribution in [0.2, 0.25) is 0 Å². The third-order valence-electron chi connectivity index (χ3n) is 2.70. The van der Waals surface area contributed by atoms with E-state index < -0.39 is 5.76 Å². The van der Waals surface area contributed by atoms with Crippen LogP contribution >= 0.6 is 11.8 Å². The van der Waals surface area contributed by atoms with E-state index in [1.165, 1.54) is 0 Å². The van der Waals surface area contributed by atoms with Crippen molar-refractivity contribution in [2.45, 2.75) is 17.2 Å². The van der Waals surface area contributed by atoms with E-state index in [2.05, 4.69) is 11.4 Å². The number of benzene rings is 2. The van der Waals surface area contributed by atoms with E-state index in [0.717, 1.165) is 11.3 Å². The molecule has 0 saturated carbocycles. The first kappa shape index (κ1) is 14.4. The topological polar surface area (TPSA) is 35.8 Å². The maximum atomic E-state index is 12.2. The Morgan fingerprint density at radius 2 is 1.80 bits per heavy atom. The van der Waals surface area contributed by atoms with Gasteiger partial charge in [0.2, 0.25) is 0 Å². The Hall–Kier alpha value is -2.06. The number of nitrogens with zero attached hydrogens (tertiary/aromatic N) is 1. The normalized spacial score (nSPS) is 10.3. The summed E-state index contributed by atoms with van der Waals surface area (Å²) in [5.74, 6) is -2.41. The molecule has 5 heteroatoms. The number of rotatable bonds is 5. The van der Waals surface area contributed by atoms with Crippen molar-refractivity contribution in [2.75, 3.05) is 5.32 Å². The molecule has 0 heterocycles. The number of halogens is 2. The quantitative estimate of drug-likeness (QED) is 0.824. The summed E-state index contributed by atoms with van der Waals surface area (Å²) in [5, 5.41) is 12.2. The molecule has 0 fully saturated rings. The summed E-state index contributed by atoms with van der Waals surface area (Å²) in [6.45, 7) is 0.519. The van der Waals surface area contributed by atoms with Crippen LogP contribution in [0.5, 0.6) is 0 Å². The summed E-state index contributed by atoms with van der Waals surface area (Å²) in [6, 6.07) is 16.3. The molecular formula is C15H12F2N2S. The Kier molecular flexibility index (Phi) is 4.97. The third kappa shape index (κ3) is 3.97. The van der Waals surface area contributed by atoms with Crippen LogP contribution in [-0.4, -0.2) is 5.76 Å². The summed E-state index contributed by atoms with van der Waals surface area (Å²) in [6.07, 6.45) is 0. The number of hydrogen-bond donors (Lipinski definition) is 1. The molecule has 102 valence electrons. The number of hydrogen-bond acceptors (Lipinski definition) is 3. The van der Waals surface area contributed by atoms with Crippen LogP contribution in [0.4, 0.5) is 14.5 Å². The minimum atomic E-state index is -2.41. The highest BCUT2D eigenvalue weighted by atomic mass is 32.2. The van der Waals surface area contributed by atoms with E-state index in [-0.39, 0.29) is 0 Å². The zero-order valence-electron chi connectivity index (χ0n) is 10.5. The molecule has 0 aliphatic heterocycles. The van der Waals surface area contributed by atoms with E-state index >= 15 is 0 Å². The minimum absolute atomic E-state index is 0.519. The zero-order valence-corrected chi connectivity index (χ0v) is 11.3. The maximum absolute atomic E-state index is 12.2. The second-order valence-electron chi connectivity index (χ2n) is 4.03. The average Bonchev–Trinajstić information content (AvgIpc) is 2.46. The van der Waals surface area contributed by atoms with Gasteiger partial charge in [0.1, 0.15) is 0 Å². The van der Waals surface area contributed by atoms with Crippen molar-refractivity contribution in [3.05, 3.63) is 59.7 Å². The van der Waals surface area contributed by atoms with Gasteiger partial charge in [-0.25, -0.2) is 0 Å². The molecule has 0 radical (unpaired) electrons. The van der Waals surface area contributed by atoms with Gasteiger partial charge in [-0.2, -0.15) is 14.0 Å². The Morgan fingerprint density at radius 3 is 2.45 bits per heavy atom. The Balaban J connectivity index is 1.99. The lowest BCUT2D eigenvalue weighted by atomic mass is 10.1. The Morgan fingerprint density at radius 1 is 1.10 bits per heavy atom. The lowest BCUT2D eigenvalue weighted by Gasteiger charge is -2.08. The molecule has 2 rings (SSSR count). The molecule has 2 aromatic carbocycles. The molecule has 0 bridgehead atoms. The molecule has 0 aliphatic carbocycles. The summed E-state index contributed by atoms with van der Waals surface area (Å²) < 4.78 is 24.4. The van der Waals surface area contributed by atoms with Crippen molar-refractivity contribution >= 4 is 17.4 Å². The first-order valence-electron chi connectivity index (χ1n) is 5.96. The lowest BCUT2D eigenvalue weighted by molar-refractivity contribution is 0.252. The van der Waals surface area contributed by atoms with Crippen molar-refractivity contribution in [2.24, 2.45) is 0 Å². The van der Waals surface area contributed by atoms with Crippen LogP contribution in [0.3, 0.4) is 0 Å². The highest BCUT2D eigenvalue weighted by Gasteiger charge is 2.05. The zero-order chi connectivity index (χ0) is 14.4. The first-order valence-corrected chi connectivity index (χ1v) is 6.84. The molecule has 0 amide bonds. The molecule has 20 heavy (non-hydrogen) atoms. The first-order chi connectivity index (χ1) is 9.69. The van der Waals surface area contributed by atoms with E-state index in [4.69, 9.17) is 5.26 Å². The molecule has 2 nitrogen and oxygen atoms in total. The van der Waals surface area contributed by atoms with Crippen LogP contribution in [-0.2, 0) is 6.54 Å². The summed E-state index contributed by atoms with van der Waals surface area (Å²) >= 11 is 0.524. The SMILES string of the molecule is N#Cc1ccccc1CNc1ccc(SC(F)F)cc1. The minimum Gasteiger partial charge on any atom is -0.381 e. The van der Waals surface area contributed by atoms with Gasteiger partial charge in [0.15, 0.2) is 0 Å². The van der Waals surface area contributed by atoms with Gasteiger partial charge >= 0.3 is 0 Å². The van der Waals surface area contributed by atoms with Gasteiger partial charge in [-0.05, 0) is 35.9 Å². The standard InChI is InChI=1S/C15H12F2N2S/c16-15(17)20-14-7-5-13(6-8-14)19-10-12-4-2-1-3-11(12)9-18/h1-8,15,19H,10H2. The molecule has 0 spiro atoms. The molecular weight excluding hydrogens is 278 g/mol. The summed E-state index contributed by atoms with van der Waals surface area (Å²) in [7, 11) is 0. The van der Waals surface area contributed by atoms with E-state index in [0.29, 0.717) is 28.8 Å². The fraction of sp³-hybridized carbons (Fsp3) is 0.133. The van der Waals surface area contributed by atoms with Gasteiger partial charge < -0.3 is 5.32 Å². The van der Waals surface area contributed by atoms with Crippen LogP contribution in [0.1, 0.15) is 11.1 Å². The predicted molar refractivity (Wildman–Crippen MR) is 76.8 cm³/mol. The smallest absolute Gasteiger partial charge is 0.288 e. The Bertz CT molecular complexity index is 606. The average molecular weight is 290 g/mol. The monoisotopic (exact) mass is 290 g/mol. The number of anilines is 1. The van der Waals surface area contributed by atoms with Gasteiger partial charge in [0, 0.05) is 17.1 Å². The largest absolute Gasteiger partial charge is 0.381 e. The van der Waals surface area contributed by atoms with Crippen molar-refractivity contribution < 1.29 is 8.78 Å². The van der Waals surface area contributed by atoms with Crippen LogP contribution in [0.15, 0.2) is 53.4 Å². The molecule has 0 aromatic heterocycles. The maximum Gasteiger partial charge on any atom is 0.288 e. The number of nitriles is 1. The van der Waals surface area contributed by atoms with Gasteiger partial charge in [0.05, 0.1) is 11.6 Å². The fourth-order valence-corrected chi connectivity index (χ4v) is 2.23. The van der Waals surface area contributed by atoms with Crippen LogP contribution < -0.4 is 5.32 Å². The van der Waals surface area contributed by atoms with E-state index in [1.54, 1.807) is 30.3 Å². The lowest BCUT2D eigenvalue weighted by Crippen LogP contribution is -2.01. The van der Waals surface area contributed by atoms with E-state index in [1.807, 2.05) is 18.2 Å². The predicted octanol–water partition coefficient (Wildman–Crippen LogP) is 4.49. The molecule has 1 N–H and O–H groups in total. The number of nitrogens with one attached hydrogen (secondary N) is 1. The fourth-order valence-electron chi connectivity index (χ4n) is 1.74. The van der Waals surface area contributed by atoms with Crippen molar-refractivity contribution in [1.82, 2.24) is 0 Å². The molecule has 0 unspecified atom stereocenters. The highest BCUT2D eigenvalue weighted by Crippen LogP contribution is 2.26. The molecule has 0 aliphatic rings.